The van der Waals surface area contributed by atoms with Crippen molar-refractivity contribution in [3.63, 3.8) is 0 Å². The van der Waals surface area contributed by atoms with Crippen LogP contribution >= 0.6 is 0 Å². The molecule has 88 valence electrons. The van der Waals surface area contributed by atoms with E-state index in [1.165, 1.54) is 0 Å². The van der Waals surface area contributed by atoms with E-state index in [1.807, 2.05) is 0 Å². The van der Waals surface area contributed by atoms with Crippen molar-refractivity contribution in [3.05, 3.63) is 0 Å². The second kappa shape index (κ2) is 6.73. The first-order valence-corrected chi connectivity index (χ1v) is 2.45. The Hall–Kier alpha value is -0.690. The smallest absolute Gasteiger partial charge is 0.542 e. The molecule has 0 saturated heterocycles. The van der Waals surface area contributed by atoms with Gasteiger partial charge in [-0.2, -0.15) is 26.3 Å². The minimum atomic E-state index is -5.19. The van der Waals surface area contributed by atoms with E-state index in [0.717, 1.165) is 0 Å². The van der Waals surface area contributed by atoms with Crippen LogP contribution in [0.25, 0.3) is 0 Å². The van der Waals surface area contributed by atoms with Crippen LogP contribution in [0, 0.1) is 0 Å². The van der Waals surface area contributed by atoms with E-state index in [4.69, 9.17) is 19.8 Å². The summed E-state index contributed by atoms with van der Waals surface area (Å²) in [4.78, 5) is 17.6. The summed E-state index contributed by atoms with van der Waals surface area (Å²) in [6, 6.07) is 0. The van der Waals surface area contributed by atoms with Crippen LogP contribution < -0.4 is 10.2 Å². The first kappa shape index (κ1) is 19.8. The Balaban J connectivity index is -0.000000180. The topological polar surface area (TPSA) is 80.3 Å². The third-order valence-electron chi connectivity index (χ3n) is 0.463. The summed E-state index contributed by atoms with van der Waals surface area (Å²) < 4.78 is 63.1. The van der Waals surface area contributed by atoms with Crippen molar-refractivity contribution in [2.24, 2.45) is 0 Å². The predicted molar refractivity (Wildman–Crippen MR) is 27.9 cm³/mol. The molecule has 0 atom stereocenters. The number of carboxylic acid groups (broad SMARTS) is 2. The summed E-state index contributed by atoms with van der Waals surface area (Å²) in [6.45, 7) is 0. The zero-order valence-corrected chi connectivity index (χ0v) is 8.64. The van der Waals surface area contributed by atoms with Gasteiger partial charge in [0.15, 0.2) is 0 Å². The third-order valence-corrected chi connectivity index (χ3v) is 0.463. The molecule has 0 N–H and O–H groups in total. The second-order valence-corrected chi connectivity index (χ2v) is 1.57. The van der Waals surface area contributed by atoms with E-state index in [0.29, 0.717) is 0 Å². The number of halogens is 6. The fourth-order valence-electron chi connectivity index (χ4n) is 0. The normalized spacial score (nSPS) is 10.5. The van der Waals surface area contributed by atoms with Crippen LogP contribution in [0.15, 0.2) is 0 Å². The van der Waals surface area contributed by atoms with Gasteiger partial charge in [-0.1, -0.05) is 0 Å². The van der Waals surface area contributed by atoms with Gasteiger partial charge < -0.3 is 19.8 Å². The van der Waals surface area contributed by atoms with E-state index in [2.05, 4.69) is 0 Å². The second-order valence-electron chi connectivity index (χ2n) is 1.57. The maximum Gasteiger partial charge on any atom is 2.00 e. The molecule has 0 heterocycles. The zero-order chi connectivity index (χ0) is 12.2. The number of carboxylic acids is 2. The Bertz CT molecular complexity index is 196. The molecule has 0 aromatic rings. The van der Waals surface area contributed by atoms with E-state index in [1.54, 1.807) is 0 Å². The van der Waals surface area contributed by atoms with E-state index in [-0.39, 0.29) is 23.7 Å². The summed E-state index contributed by atoms with van der Waals surface area (Å²) >= 11 is 0. The van der Waals surface area contributed by atoms with Gasteiger partial charge in [0.05, 0.1) is 0 Å². The van der Waals surface area contributed by atoms with E-state index >= 15 is 0 Å². The van der Waals surface area contributed by atoms with Gasteiger partial charge >= 0.3 is 36.0 Å². The van der Waals surface area contributed by atoms with Gasteiger partial charge in [-0.3, -0.25) is 0 Å². The van der Waals surface area contributed by atoms with Gasteiger partial charge in [0.1, 0.15) is 11.9 Å². The standard InChI is InChI=1S/2C2HF3O2.Te/c2*3-2(4,5)1(6)7;/h2*(H,6,7);/q;;+2/p-2. The maximum absolute atomic E-state index is 10.5. The van der Waals surface area contributed by atoms with Crippen molar-refractivity contribution in [1.82, 2.24) is 0 Å². The molecule has 11 heteroatoms. The van der Waals surface area contributed by atoms with Crippen LogP contribution in [0.3, 0.4) is 0 Å². The molecule has 0 spiro atoms. The van der Waals surface area contributed by atoms with Gasteiger partial charge in [0, 0.05) is 0 Å². The molecule has 4 nitrogen and oxygen atoms in total. The SMILES string of the molecule is O=C([O-])C(F)(F)F.O=C([O-])C(F)(F)F.[Te+2]. The first-order chi connectivity index (χ1) is 5.89. The summed E-state index contributed by atoms with van der Waals surface area (Å²) in [5, 5.41) is 17.6. The molecule has 15 heavy (non-hydrogen) atoms. The number of rotatable bonds is 0. The molecular weight excluding hydrogens is 354 g/mol. The number of hydrogen-bond acceptors (Lipinski definition) is 4. The molecule has 0 saturated carbocycles. The average Bonchev–Trinajstić information content (AvgIpc) is 1.83. The van der Waals surface area contributed by atoms with E-state index < -0.39 is 24.3 Å². The molecule has 0 aliphatic carbocycles. The molecule has 0 bridgehead atoms. The quantitative estimate of drug-likeness (QED) is 0.381. The molecular formula is C4F6O4Te. The number of carbonyl (C=O) groups excluding carboxylic acids is 2. The van der Waals surface area contributed by atoms with Crippen LogP contribution in [-0.4, -0.2) is 48.0 Å². The van der Waals surface area contributed by atoms with Crippen LogP contribution in [0.2, 0.25) is 0 Å². The summed E-state index contributed by atoms with van der Waals surface area (Å²) in [5.41, 5.74) is 0. The van der Waals surface area contributed by atoms with Crippen molar-refractivity contribution in [3.8, 4) is 0 Å². The Morgan fingerprint density at radius 2 is 0.800 bits per heavy atom. The van der Waals surface area contributed by atoms with Crippen molar-refractivity contribution < 1.29 is 46.1 Å². The molecule has 0 amide bonds. The predicted octanol–water partition coefficient (Wildman–Crippen LogP) is -1.78. The molecule has 0 unspecified atom stereocenters. The molecule has 0 aromatic carbocycles. The molecule has 0 aromatic heterocycles. The van der Waals surface area contributed by atoms with Gasteiger partial charge in [0.25, 0.3) is 0 Å². The molecule has 4 radical (unpaired) electrons. The minimum Gasteiger partial charge on any atom is -0.542 e. The van der Waals surface area contributed by atoms with Crippen molar-refractivity contribution in [1.29, 1.82) is 0 Å². The third kappa shape index (κ3) is 13.3. The summed E-state index contributed by atoms with van der Waals surface area (Å²) in [7, 11) is 0. The van der Waals surface area contributed by atoms with Gasteiger partial charge in [-0.25, -0.2) is 0 Å². The molecule has 0 fully saturated rings. The van der Waals surface area contributed by atoms with Crippen LogP contribution in [0.4, 0.5) is 26.3 Å². The number of carbonyl (C=O) groups is 2. The van der Waals surface area contributed by atoms with Crippen LogP contribution in [-0.2, 0) is 9.59 Å². The Labute approximate surface area is 94.6 Å². The minimum absolute atomic E-state index is 0. The van der Waals surface area contributed by atoms with Gasteiger partial charge in [0.2, 0.25) is 0 Å². The monoisotopic (exact) mass is 356 g/mol. The zero-order valence-electron chi connectivity index (χ0n) is 6.31. The fourth-order valence-corrected chi connectivity index (χ4v) is 0. The van der Waals surface area contributed by atoms with E-state index in [9.17, 15) is 26.3 Å². The molecule has 0 aliphatic rings. The van der Waals surface area contributed by atoms with Crippen LogP contribution in [0.1, 0.15) is 0 Å². The summed E-state index contributed by atoms with van der Waals surface area (Å²) in [6.07, 6.45) is -10.4. The number of hydrogen-bond donors (Lipinski definition) is 0. The largest absolute Gasteiger partial charge is 2.00 e. The fraction of sp³-hybridized carbons (Fsp3) is 0.500. The van der Waals surface area contributed by atoms with Gasteiger partial charge in [-0.05, 0) is 0 Å². The Morgan fingerprint density at radius 1 is 0.733 bits per heavy atom. The van der Waals surface area contributed by atoms with Crippen molar-refractivity contribution in [2.75, 3.05) is 0 Å². The molecule has 0 rings (SSSR count). The first-order valence-electron chi connectivity index (χ1n) is 2.45. The van der Waals surface area contributed by atoms with Crippen molar-refractivity contribution >= 4 is 35.6 Å². The maximum atomic E-state index is 10.5. The van der Waals surface area contributed by atoms with Crippen LogP contribution in [0.5, 0.6) is 0 Å². The molecule has 0 aliphatic heterocycles. The van der Waals surface area contributed by atoms with Gasteiger partial charge in [-0.15, -0.1) is 0 Å². The Morgan fingerprint density at radius 3 is 0.800 bits per heavy atom. The summed E-state index contributed by atoms with van der Waals surface area (Å²) in [5.74, 6) is -6.01. The number of alkyl halides is 6. The average molecular weight is 354 g/mol. The van der Waals surface area contributed by atoms with Crippen molar-refractivity contribution in [2.45, 2.75) is 12.4 Å². The Kier molecular flexibility index (Phi) is 8.89. The number of aliphatic carboxylic acids is 2.